The number of hydrogen-bond acceptors (Lipinski definition) is 4. The Hall–Kier alpha value is -1.74. The fourth-order valence-electron chi connectivity index (χ4n) is 6.04. The molecular formula is C24H31F3N4OS. The van der Waals surface area contributed by atoms with Crippen molar-refractivity contribution in [2.45, 2.75) is 64.2 Å². The second-order valence-corrected chi connectivity index (χ2v) is 12.0. The summed E-state index contributed by atoms with van der Waals surface area (Å²) in [7, 11) is -0.627. The van der Waals surface area contributed by atoms with Gasteiger partial charge < -0.3 is 0 Å². The van der Waals surface area contributed by atoms with Gasteiger partial charge in [-0.05, 0) is 63.8 Å². The van der Waals surface area contributed by atoms with Gasteiger partial charge in [0.25, 0.3) is 0 Å². The summed E-state index contributed by atoms with van der Waals surface area (Å²) in [4.78, 5) is 6.45. The highest BCUT2D eigenvalue weighted by atomic mass is 32.2. The Morgan fingerprint density at radius 3 is 2.61 bits per heavy atom. The maximum atomic E-state index is 13.2. The van der Waals surface area contributed by atoms with E-state index in [9.17, 15) is 17.4 Å². The first-order chi connectivity index (χ1) is 15.5. The Kier molecular flexibility index (Phi) is 5.71. The van der Waals surface area contributed by atoms with Crippen LogP contribution in [0, 0.1) is 11.3 Å². The molecule has 0 amide bonds. The molecule has 2 saturated heterocycles. The van der Waals surface area contributed by atoms with Gasteiger partial charge in [-0.2, -0.15) is 18.3 Å². The summed E-state index contributed by atoms with van der Waals surface area (Å²) >= 11 is 0. The zero-order valence-electron chi connectivity index (χ0n) is 19.3. The molecule has 1 spiro atoms. The van der Waals surface area contributed by atoms with Crippen LogP contribution in [0.4, 0.5) is 13.2 Å². The van der Waals surface area contributed by atoms with Crippen LogP contribution in [0.5, 0.6) is 0 Å². The van der Waals surface area contributed by atoms with E-state index in [2.05, 4.69) is 30.7 Å². The average molecular weight is 481 g/mol. The molecule has 1 saturated carbocycles. The predicted molar refractivity (Wildman–Crippen MR) is 122 cm³/mol. The molecule has 0 radical (unpaired) electrons. The standard InChI is InChI=1S/C24H31F3N4OS/c1-15(2)31-21(11-20(29-31)19-5-4-6-22(28-19)24(25,26)27)18-10-17(9-16(18)3)30-8-7-23(12-30)13-33(32)14-23/h4-6,11,15-18H,7-10,12-14H2,1-3H3/t16?,17-,18-,23?,33?/m1/s1. The topological polar surface area (TPSA) is 51.0 Å². The third-order valence-corrected chi connectivity index (χ3v) is 9.58. The molecule has 1 aliphatic carbocycles. The summed E-state index contributed by atoms with van der Waals surface area (Å²) in [5.41, 5.74) is 1.22. The van der Waals surface area contributed by atoms with Crippen molar-refractivity contribution in [3.63, 3.8) is 0 Å². The van der Waals surface area contributed by atoms with Gasteiger partial charge in [0.05, 0.1) is 5.69 Å². The minimum absolute atomic E-state index is 0.103. The molecule has 3 aliphatic rings. The number of hydrogen-bond donors (Lipinski definition) is 0. The number of likely N-dealkylation sites (tertiary alicyclic amines) is 1. The lowest BCUT2D eigenvalue weighted by atomic mass is 9.91. The Balaban J connectivity index is 1.39. The van der Waals surface area contributed by atoms with Crippen LogP contribution in [-0.2, 0) is 17.0 Å². The number of pyridine rings is 1. The summed E-state index contributed by atoms with van der Waals surface area (Å²) < 4.78 is 53.2. The van der Waals surface area contributed by atoms with Gasteiger partial charge in [0.15, 0.2) is 0 Å². The van der Waals surface area contributed by atoms with Gasteiger partial charge in [0.2, 0.25) is 0 Å². The molecule has 33 heavy (non-hydrogen) atoms. The number of rotatable bonds is 4. The molecule has 0 N–H and O–H groups in total. The Morgan fingerprint density at radius 1 is 1.18 bits per heavy atom. The van der Waals surface area contributed by atoms with Crippen LogP contribution in [0.3, 0.4) is 0 Å². The van der Waals surface area contributed by atoms with Crippen molar-refractivity contribution >= 4 is 10.8 Å². The van der Waals surface area contributed by atoms with Gasteiger partial charge >= 0.3 is 6.18 Å². The molecule has 5 rings (SSSR count). The number of halogens is 3. The maximum Gasteiger partial charge on any atom is 0.433 e. The molecule has 5 nitrogen and oxygen atoms in total. The first-order valence-electron chi connectivity index (χ1n) is 11.8. The second kappa shape index (κ2) is 8.18. The quantitative estimate of drug-likeness (QED) is 0.626. The van der Waals surface area contributed by atoms with Crippen molar-refractivity contribution < 1.29 is 17.4 Å². The van der Waals surface area contributed by atoms with E-state index in [4.69, 9.17) is 5.10 Å². The van der Waals surface area contributed by atoms with Crippen molar-refractivity contribution in [1.29, 1.82) is 0 Å². The molecule has 2 aromatic rings. The highest BCUT2D eigenvalue weighted by Crippen LogP contribution is 2.47. The molecule has 4 heterocycles. The molecule has 1 unspecified atom stereocenters. The minimum Gasteiger partial charge on any atom is -0.300 e. The van der Waals surface area contributed by atoms with Crippen LogP contribution in [0.1, 0.15) is 63.4 Å². The lowest BCUT2D eigenvalue weighted by molar-refractivity contribution is -0.141. The van der Waals surface area contributed by atoms with Gasteiger partial charge in [-0.1, -0.05) is 13.0 Å². The smallest absolute Gasteiger partial charge is 0.300 e. The molecule has 180 valence electrons. The largest absolute Gasteiger partial charge is 0.433 e. The number of nitrogens with zero attached hydrogens (tertiary/aromatic N) is 4. The van der Waals surface area contributed by atoms with E-state index < -0.39 is 22.7 Å². The molecule has 2 aromatic heterocycles. The van der Waals surface area contributed by atoms with E-state index in [0.29, 0.717) is 23.6 Å². The summed E-state index contributed by atoms with van der Waals surface area (Å²) in [6.07, 6.45) is -1.21. The molecule has 3 atom stereocenters. The van der Waals surface area contributed by atoms with Gasteiger partial charge in [0, 0.05) is 58.0 Å². The summed E-state index contributed by atoms with van der Waals surface area (Å²) in [6, 6.07) is 6.53. The number of aromatic nitrogens is 3. The van der Waals surface area contributed by atoms with Gasteiger partial charge in [-0.25, -0.2) is 4.98 Å². The van der Waals surface area contributed by atoms with E-state index >= 15 is 0 Å². The molecular weight excluding hydrogens is 449 g/mol. The van der Waals surface area contributed by atoms with E-state index in [1.807, 2.05) is 10.7 Å². The molecule has 3 fully saturated rings. The average Bonchev–Trinajstić information content (AvgIpc) is 3.43. The zero-order chi connectivity index (χ0) is 23.5. The van der Waals surface area contributed by atoms with E-state index in [0.717, 1.165) is 55.6 Å². The van der Waals surface area contributed by atoms with Gasteiger partial charge in [-0.15, -0.1) is 0 Å². The fourth-order valence-corrected chi connectivity index (χ4v) is 7.80. The molecule has 9 heteroatoms. The van der Waals surface area contributed by atoms with Crippen LogP contribution >= 0.6 is 0 Å². The SMILES string of the molecule is CC1C[C@@H](N2CCC3(C2)CS(=O)C3)C[C@H]1c1cc(-c2cccc(C(F)(F)F)n2)nn1C(C)C. The van der Waals surface area contributed by atoms with Crippen LogP contribution in [0.15, 0.2) is 24.3 Å². The van der Waals surface area contributed by atoms with Gasteiger partial charge in [-0.3, -0.25) is 13.8 Å². The molecule has 0 bridgehead atoms. The second-order valence-electron chi connectivity index (χ2n) is 10.6. The summed E-state index contributed by atoms with van der Waals surface area (Å²) in [5, 5.41) is 4.70. The first kappa shape index (κ1) is 23.0. The third-order valence-electron chi connectivity index (χ3n) is 7.71. The highest BCUT2D eigenvalue weighted by molar-refractivity contribution is 7.86. The van der Waals surface area contributed by atoms with Crippen LogP contribution in [0.25, 0.3) is 11.4 Å². The maximum absolute atomic E-state index is 13.2. The Labute approximate surface area is 195 Å². The lowest BCUT2D eigenvalue weighted by Crippen LogP contribution is -2.47. The Bertz CT molecular complexity index is 1060. The highest BCUT2D eigenvalue weighted by Gasteiger charge is 2.50. The molecule has 2 aliphatic heterocycles. The van der Waals surface area contributed by atoms with E-state index in [-0.39, 0.29) is 17.2 Å². The fraction of sp³-hybridized carbons (Fsp3) is 0.667. The lowest BCUT2D eigenvalue weighted by Gasteiger charge is -2.38. The molecule has 0 aromatic carbocycles. The summed E-state index contributed by atoms with van der Waals surface area (Å²) in [6.45, 7) is 8.50. The van der Waals surface area contributed by atoms with E-state index in [1.165, 1.54) is 6.07 Å². The van der Waals surface area contributed by atoms with Crippen molar-refractivity contribution in [2.24, 2.45) is 11.3 Å². The van der Waals surface area contributed by atoms with Crippen molar-refractivity contribution in [1.82, 2.24) is 19.7 Å². The normalized spacial score (nSPS) is 32.7. The van der Waals surface area contributed by atoms with E-state index in [1.54, 1.807) is 6.07 Å². The van der Waals surface area contributed by atoms with Crippen molar-refractivity contribution in [3.05, 3.63) is 35.7 Å². The monoisotopic (exact) mass is 480 g/mol. The van der Waals surface area contributed by atoms with Crippen molar-refractivity contribution in [3.8, 4) is 11.4 Å². The first-order valence-corrected chi connectivity index (χ1v) is 13.3. The predicted octanol–water partition coefficient (Wildman–Crippen LogP) is 4.88. The summed E-state index contributed by atoms with van der Waals surface area (Å²) in [5.74, 6) is 2.46. The van der Waals surface area contributed by atoms with Gasteiger partial charge in [0.1, 0.15) is 11.4 Å². The number of alkyl halides is 3. The zero-order valence-corrected chi connectivity index (χ0v) is 20.1. The Morgan fingerprint density at radius 2 is 1.94 bits per heavy atom. The minimum atomic E-state index is -4.48. The van der Waals surface area contributed by atoms with Crippen LogP contribution < -0.4 is 0 Å². The third kappa shape index (κ3) is 4.27. The van der Waals surface area contributed by atoms with Crippen LogP contribution in [-0.4, -0.2) is 54.5 Å². The van der Waals surface area contributed by atoms with Crippen LogP contribution in [0.2, 0.25) is 0 Å². The van der Waals surface area contributed by atoms with Crippen molar-refractivity contribution in [2.75, 3.05) is 24.6 Å².